The van der Waals surface area contributed by atoms with E-state index >= 15 is 0 Å². The van der Waals surface area contributed by atoms with Crippen molar-refractivity contribution in [2.75, 3.05) is 11.9 Å². The summed E-state index contributed by atoms with van der Waals surface area (Å²) in [6.45, 7) is 3.49. The van der Waals surface area contributed by atoms with E-state index in [1.807, 2.05) is 11.1 Å². The molecular formula is C24H25N7O. The first-order chi connectivity index (χ1) is 15.6. The van der Waals surface area contributed by atoms with Gasteiger partial charge in [0.05, 0.1) is 17.8 Å². The van der Waals surface area contributed by atoms with Crippen LogP contribution in [0.15, 0.2) is 42.6 Å². The molecule has 1 aliphatic carbocycles. The molecule has 0 unspecified atom stereocenters. The molecule has 6 rings (SSSR count). The molecular weight excluding hydrogens is 402 g/mol. The molecule has 32 heavy (non-hydrogen) atoms. The maximum Gasteiger partial charge on any atom is 0.244 e. The van der Waals surface area contributed by atoms with Crippen molar-refractivity contribution in [3.05, 3.63) is 70.7 Å². The first-order valence-electron chi connectivity index (χ1n) is 11.1. The van der Waals surface area contributed by atoms with Gasteiger partial charge in [-0.25, -0.2) is 0 Å². The summed E-state index contributed by atoms with van der Waals surface area (Å²) < 4.78 is 1.76. The molecule has 0 radical (unpaired) electrons. The Bertz CT molecular complexity index is 1300. The number of aromatic amines is 1. The van der Waals surface area contributed by atoms with Crippen molar-refractivity contribution in [1.29, 1.82) is 0 Å². The average molecular weight is 428 g/mol. The molecule has 3 heterocycles. The van der Waals surface area contributed by atoms with Crippen molar-refractivity contribution < 1.29 is 4.79 Å². The second-order valence-corrected chi connectivity index (χ2v) is 8.80. The standard InChI is InChI=1S/C24H25N7O/c1-15-20(25-19-10-16-4-2-3-5-17(16)11-19)7-6-18-12-31(28-24(15)18)14-23(32)30-9-8-21-22(13-30)27-29-26-21/h2-7,12,19,25H,8-11,13-14H2,1H3,(H,26,27,29). The molecule has 0 fully saturated rings. The largest absolute Gasteiger partial charge is 0.381 e. The van der Waals surface area contributed by atoms with Gasteiger partial charge in [0.1, 0.15) is 12.2 Å². The van der Waals surface area contributed by atoms with Crippen molar-refractivity contribution in [1.82, 2.24) is 30.1 Å². The van der Waals surface area contributed by atoms with E-state index in [2.05, 4.69) is 64.0 Å². The van der Waals surface area contributed by atoms with Crippen LogP contribution >= 0.6 is 0 Å². The number of nitrogens with zero attached hydrogens (tertiary/aromatic N) is 5. The number of aromatic nitrogens is 5. The maximum absolute atomic E-state index is 12.9. The zero-order valence-electron chi connectivity index (χ0n) is 18.0. The van der Waals surface area contributed by atoms with Gasteiger partial charge in [0, 0.05) is 41.8 Å². The molecule has 1 aliphatic heterocycles. The summed E-state index contributed by atoms with van der Waals surface area (Å²) in [7, 11) is 0. The lowest BCUT2D eigenvalue weighted by Gasteiger charge is -2.25. The quantitative estimate of drug-likeness (QED) is 0.522. The van der Waals surface area contributed by atoms with Crippen molar-refractivity contribution in [2.45, 2.75) is 45.3 Å². The highest BCUT2D eigenvalue weighted by molar-refractivity contribution is 5.87. The Balaban J connectivity index is 1.17. The molecule has 0 atom stereocenters. The number of fused-ring (bicyclic) bond motifs is 3. The fourth-order valence-electron chi connectivity index (χ4n) is 4.95. The van der Waals surface area contributed by atoms with Crippen LogP contribution in [0.25, 0.3) is 10.9 Å². The van der Waals surface area contributed by atoms with Crippen LogP contribution in [0.4, 0.5) is 5.69 Å². The third-order valence-electron chi connectivity index (χ3n) is 6.70. The molecule has 1 amide bonds. The molecule has 2 aromatic carbocycles. The molecule has 0 bridgehead atoms. The molecule has 0 saturated carbocycles. The van der Waals surface area contributed by atoms with Crippen LogP contribution in [0.3, 0.4) is 0 Å². The highest BCUT2D eigenvalue weighted by atomic mass is 16.2. The number of aryl methyl sites for hydroxylation is 1. The monoisotopic (exact) mass is 427 g/mol. The number of nitrogens with one attached hydrogen (secondary N) is 2. The Hall–Kier alpha value is -3.68. The number of hydrogen-bond donors (Lipinski definition) is 2. The molecule has 2 aromatic heterocycles. The van der Waals surface area contributed by atoms with Gasteiger partial charge >= 0.3 is 0 Å². The molecule has 0 saturated heterocycles. The normalized spacial score (nSPS) is 15.7. The summed E-state index contributed by atoms with van der Waals surface area (Å²) in [5, 5.41) is 20.4. The highest BCUT2D eigenvalue weighted by Gasteiger charge is 2.24. The van der Waals surface area contributed by atoms with Gasteiger partial charge in [0.2, 0.25) is 5.91 Å². The molecule has 2 aliphatic rings. The first-order valence-corrected chi connectivity index (χ1v) is 11.1. The molecule has 4 aromatic rings. The third-order valence-corrected chi connectivity index (χ3v) is 6.70. The van der Waals surface area contributed by atoms with Crippen LogP contribution < -0.4 is 5.32 Å². The lowest BCUT2D eigenvalue weighted by molar-refractivity contribution is -0.133. The Morgan fingerprint density at radius 3 is 2.72 bits per heavy atom. The summed E-state index contributed by atoms with van der Waals surface area (Å²) in [6.07, 6.45) is 4.78. The van der Waals surface area contributed by atoms with E-state index in [-0.39, 0.29) is 12.5 Å². The predicted octanol–water partition coefficient (Wildman–Crippen LogP) is 2.63. The van der Waals surface area contributed by atoms with Crippen LogP contribution in [0.5, 0.6) is 0 Å². The summed E-state index contributed by atoms with van der Waals surface area (Å²) in [5.74, 6) is 0.0474. The molecule has 8 nitrogen and oxygen atoms in total. The summed E-state index contributed by atoms with van der Waals surface area (Å²) in [4.78, 5) is 14.7. The molecule has 162 valence electrons. The van der Waals surface area contributed by atoms with Gasteiger partial charge in [-0.15, -0.1) is 0 Å². The lowest BCUT2D eigenvalue weighted by atomic mass is 10.1. The summed E-state index contributed by atoms with van der Waals surface area (Å²) in [6, 6.07) is 13.3. The highest BCUT2D eigenvalue weighted by Crippen LogP contribution is 2.29. The molecule has 0 spiro atoms. The smallest absolute Gasteiger partial charge is 0.244 e. The van der Waals surface area contributed by atoms with E-state index < -0.39 is 0 Å². The van der Waals surface area contributed by atoms with E-state index in [1.165, 1.54) is 11.1 Å². The average Bonchev–Trinajstić information content (AvgIpc) is 3.52. The van der Waals surface area contributed by atoms with Crippen molar-refractivity contribution in [2.24, 2.45) is 0 Å². The van der Waals surface area contributed by atoms with Crippen LogP contribution in [-0.2, 0) is 37.1 Å². The van der Waals surface area contributed by atoms with Gasteiger partial charge in [0.25, 0.3) is 0 Å². The number of anilines is 1. The molecule has 2 N–H and O–H groups in total. The fraction of sp³-hybridized carbons (Fsp3) is 0.333. The second kappa shape index (κ2) is 7.47. The van der Waals surface area contributed by atoms with Crippen LogP contribution in [0.2, 0.25) is 0 Å². The Morgan fingerprint density at radius 2 is 1.91 bits per heavy atom. The van der Waals surface area contributed by atoms with Crippen molar-refractivity contribution >= 4 is 22.5 Å². The van der Waals surface area contributed by atoms with Crippen molar-refractivity contribution in [3.8, 4) is 0 Å². The number of hydrogen-bond acceptors (Lipinski definition) is 5. The first kappa shape index (κ1) is 19.0. The van der Waals surface area contributed by atoms with Crippen LogP contribution in [-0.4, -0.2) is 48.6 Å². The maximum atomic E-state index is 12.9. The SMILES string of the molecule is Cc1c(NC2Cc3ccccc3C2)ccc2cn(CC(=O)N3CCc4n[nH]nc4C3)nc12. The van der Waals surface area contributed by atoms with Gasteiger partial charge in [-0.3, -0.25) is 9.48 Å². The van der Waals surface area contributed by atoms with Crippen LogP contribution in [0, 0.1) is 6.92 Å². The topological polar surface area (TPSA) is 91.7 Å². The minimum atomic E-state index is 0.0474. The van der Waals surface area contributed by atoms with Crippen LogP contribution in [0.1, 0.15) is 28.1 Å². The minimum Gasteiger partial charge on any atom is -0.381 e. The summed E-state index contributed by atoms with van der Waals surface area (Å²) in [5.41, 5.74) is 7.85. The van der Waals surface area contributed by atoms with Crippen molar-refractivity contribution in [3.63, 3.8) is 0 Å². The van der Waals surface area contributed by atoms with E-state index in [4.69, 9.17) is 5.10 Å². The minimum absolute atomic E-state index is 0.0474. The van der Waals surface area contributed by atoms with E-state index in [9.17, 15) is 4.79 Å². The van der Waals surface area contributed by atoms with Gasteiger partial charge < -0.3 is 10.2 Å². The van der Waals surface area contributed by atoms with E-state index in [0.29, 0.717) is 19.1 Å². The van der Waals surface area contributed by atoms with Gasteiger partial charge in [-0.2, -0.15) is 20.5 Å². The second-order valence-electron chi connectivity index (χ2n) is 8.80. The van der Waals surface area contributed by atoms with Gasteiger partial charge in [-0.1, -0.05) is 24.3 Å². The Kier molecular flexibility index (Phi) is 4.45. The number of rotatable bonds is 4. The Labute approximate surface area is 185 Å². The van der Waals surface area contributed by atoms with Gasteiger partial charge in [0.15, 0.2) is 0 Å². The third kappa shape index (κ3) is 3.32. The number of H-pyrrole nitrogens is 1. The predicted molar refractivity (Wildman–Crippen MR) is 121 cm³/mol. The van der Waals surface area contributed by atoms with Gasteiger partial charge in [-0.05, 0) is 43.0 Å². The Morgan fingerprint density at radius 1 is 1.12 bits per heavy atom. The number of carbonyl (C=O) groups is 1. The number of amides is 1. The summed E-state index contributed by atoms with van der Waals surface area (Å²) >= 11 is 0. The number of carbonyl (C=O) groups excluding carboxylic acids is 1. The van der Waals surface area contributed by atoms with E-state index in [0.717, 1.165) is 52.8 Å². The lowest BCUT2D eigenvalue weighted by Crippen LogP contribution is -2.38. The van der Waals surface area contributed by atoms with E-state index in [1.54, 1.807) is 4.68 Å². The fourth-order valence-corrected chi connectivity index (χ4v) is 4.95. The zero-order chi connectivity index (χ0) is 21.7. The molecule has 8 heteroatoms. The number of benzene rings is 2. The zero-order valence-corrected chi connectivity index (χ0v) is 18.0.